The van der Waals surface area contributed by atoms with E-state index < -0.39 is 5.60 Å². The number of halogens is 1. The van der Waals surface area contributed by atoms with Crippen LogP contribution in [0.3, 0.4) is 0 Å². The van der Waals surface area contributed by atoms with E-state index in [2.05, 4.69) is 0 Å². The first-order chi connectivity index (χ1) is 5.54. The summed E-state index contributed by atoms with van der Waals surface area (Å²) in [6, 6.07) is 0.00940. The summed E-state index contributed by atoms with van der Waals surface area (Å²) in [5.74, 6) is -0.227. The van der Waals surface area contributed by atoms with Gasteiger partial charge >= 0.3 is 5.97 Å². The molecule has 0 spiro atoms. The van der Waals surface area contributed by atoms with Crippen LogP contribution in [0.5, 0.6) is 0 Å². The zero-order chi connectivity index (χ0) is 9.19. The summed E-state index contributed by atoms with van der Waals surface area (Å²) in [6.45, 7) is 3.37. The second kappa shape index (κ2) is 4.82. The smallest absolute Gasteiger partial charge is 0.303 e. The van der Waals surface area contributed by atoms with E-state index in [9.17, 15) is 4.79 Å². The standard InChI is InChI=1S/C9H17NO2.ClH/c1-7(11)12-9(2)6-4-3-5-8(9)10;/h8H,3-6,10H2,1-2H3;1H/t8-,9-;/m0./s1. The van der Waals surface area contributed by atoms with Crippen molar-refractivity contribution in [2.24, 2.45) is 5.73 Å². The van der Waals surface area contributed by atoms with Gasteiger partial charge in [-0.1, -0.05) is 6.42 Å². The first-order valence-electron chi connectivity index (χ1n) is 4.50. The number of esters is 1. The van der Waals surface area contributed by atoms with Crippen molar-refractivity contribution in [1.29, 1.82) is 0 Å². The van der Waals surface area contributed by atoms with Gasteiger partial charge in [-0.3, -0.25) is 4.79 Å². The van der Waals surface area contributed by atoms with Crippen molar-refractivity contribution < 1.29 is 9.53 Å². The molecule has 1 aliphatic carbocycles. The summed E-state index contributed by atoms with van der Waals surface area (Å²) in [5, 5.41) is 0. The van der Waals surface area contributed by atoms with E-state index in [1.54, 1.807) is 0 Å². The normalized spacial score (nSPS) is 33.3. The zero-order valence-corrected chi connectivity index (χ0v) is 9.02. The molecule has 0 bridgehead atoms. The first-order valence-corrected chi connectivity index (χ1v) is 4.50. The van der Waals surface area contributed by atoms with Crippen molar-refractivity contribution in [3.05, 3.63) is 0 Å². The van der Waals surface area contributed by atoms with Gasteiger partial charge in [0.25, 0.3) is 0 Å². The molecule has 0 aromatic heterocycles. The Kier molecular flexibility index (Phi) is 4.71. The number of carbonyl (C=O) groups is 1. The Morgan fingerprint density at radius 1 is 1.54 bits per heavy atom. The van der Waals surface area contributed by atoms with E-state index in [0.29, 0.717) is 0 Å². The molecule has 0 heterocycles. The van der Waals surface area contributed by atoms with E-state index in [-0.39, 0.29) is 24.4 Å². The van der Waals surface area contributed by atoms with Crippen LogP contribution in [0.25, 0.3) is 0 Å². The van der Waals surface area contributed by atoms with Crippen LogP contribution in [0.1, 0.15) is 39.5 Å². The van der Waals surface area contributed by atoms with Crippen LogP contribution < -0.4 is 5.73 Å². The lowest BCUT2D eigenvalue weighted by Crippen LogP contribution is -2.50. The Morgan fingerprint density at radius 3 is 2.62 bits per heavy atom. The summed E-state index contributed by atoms with van der Waals surface area (Å²) < 4.78 is 5.23. The van der Waals surface area contributed by atoms with Gasteiger partial charge in [-0.25, -0.2) is 0 Å². The molecule has 2 atom stereocenters. The lowest BCUT2D eigenvalue weighted by molar-refractivity contribution is -0.160. The number of rotatable bonds is 1. The number of carbonyl (C=O) groups excluding carboxylic acids is 1. The minimum atomic E-state index is -0.413. The number of ether oxygens (including phenoxy) is 1. The molecule has 1 fully saturated rings. The van der Waals surface area contributed by atoms with Crippen LogP contribution in [0.4, 0.5) is 0 Å². The van der Waals surface area contributed by atoms with Crippen molar-refractivity contribution in [2.45, 2.75) is 51.2 Å². The molecular formula is C9H18ClNO2. The van der Waals surface area contributed by atoms with Gasteiger partial charge in [0, 0.05) is 13.0 Å². The third kappa shape index (κ3) is 3.16. The van der Waals surface area contributed by atoms with Crippen LogP contribution in [-0.2, 0) is 9.53 Å². The van der Waals surface area contributed by atoms with Gasteiger partial charge in [0.2, 0.25) is 0 Å². The average molecular weight is 208 g/mol. The minimum Gasteiger partial charge on any atom is -0.458 e. The Hall–Kier alpha value is -0.280. The molecule has 3 nitrogen and oxygen atoms in total. The number of nitrogens with two attached hydrogens (primary N) is 1. The van der Waals surface area contributed by atoms with Gasteiger partial charge in [0.15, 0.2) is 0 Å². The molecule has 0 radical (unpaired) electrons. The zero-order valence-electron chi connectivity index (χ0n) is 8.21. The third-order valence-electron chi connectivity index (χ3n) is 2.60. The van der Waals surface area contributed by atoms with Crippen molar-refractivity contribution in [2.75, 3.05) is 0 Å². The van der Waals surface area contributed by atoms with Crippen LogP contribution in [0, 0.1) is 0 Å². The van der Waals surface area contributed by atoms with Crippen LogP contribution in [0.15, 0.2) is 0 Å². The molecule has 13 heavy (non-hydrogen) atoms. The van der Waals surface area contributed by atoms with Crippen molar-refractivity contribution in [3.8, 4) is 0 Å². The van der Waals surface area contributed by atoms with Gasteiger partial charge in [-0.05, 0) is 26.2 Å². The van der Waals surface area contributed by atoms with Gasteiger partial charge in [0.05, 0.1) is 0 Å². The van der Waals surface area contributed by atoms with E-state index in [1.807, 2.05) is 6.92 Å². The SMILES string of the molecule is CC(=O)O[C@@]1(C)CCCC[C@@H]1N.Cl. The average Bonchev–Trinajstić information content (AvgIpc) is 1.94. The molecule has 0 amide bonds. The molecule has 4 heteroatoms. The highest BCUT2D eigenvalue weighted by atomic mass is 35.5. The van der Waals surface area contributed by atoms with E-state index >= 15 is 0 Å². The predicted molar refractivity (Wildman–Crippen MR) is 53.9 cm³/mol. The van der Waals surface area contributed by atoms with Gasteiger partial charge in [-0.15, -0.1) is 12.4 Å². The molecule has 0 aromatic carbocycles. The maximum atomic E-state index is 10.8. The lowest BCUT2D eigenvalue weighted by Gasteiger charge is -2.38. The predicted octanol–water partition coefficient (Wildman–Crippen LogP) is 1.63. The van der Waals surface area contributed by atoms with Crippen molar-refractivity contribution >= 4 is 18.4 Å². The fraction of sp³-hybridized carbons (Fsp3) is 0.889. The van der Waals surface area contributed by atoms with Crippen LogP contribution >= 0.6 is 12.4 Å². The Balaban J connectivity index is 0.00000144. The quantitative estimate of drug-likeness (QED) is 0.665. The van der Waals surface area contributed by atoms with Crippen molar-refractivity contribution in [3.63, 3.8) is 0 Å². The monoisotopic (exact) mass is 207 g/mol. The maximum absolute atomic E-state index is 10.8. The molecule has 0 aromatic rings. The summed E-state index contributed by atoms with van der Waals surface area (Å²) in [4.78, 5) is 10.8. The molecule has 0 aliphatic heterocycles. The molecule has 1 rings (SSSR count). The molecular weight excluding hydrogens is 190 g/mol. The highest BCUT2D eigenvalue weighted by Gasteiger charge is 2.36. The Bertz CT molecular complexity index is 186. The molecule has 0 saturated heterocycles. The van der Waals surface area contributed by atoms with E-state index in [0.717, 1.165) is 25.7 Å². The second-order valence-corrected chi connectivity index (χ2v) is 3.76. The fourth-order valence-electron chi connectivity index (χ4n) is 1.79. The molecule has 78 valence electrons. The van der Waals surface area contributed by atoms with Gasteiger partial charge < -0.3 is 10.5 Å². The van der Waals surface area contributed by atoms with E-state index in [1.165, 1.54) is 6.92 Å². The summed E-state index contributed by atoms with van der Waals surface area (Å²) >= 11 is 0. The Labute approximate surface area is 85.4 Å². The topological polar surface area (TPSA) is 52.3 Å². The second-order valence-electron chi connectivity index (χ2n) is 3.76. The Morgan fingerprint density at radius 2 is 2.15 bits per heavy atom. The highest BCUT2D eigenvalue weighted by Crippen LogP contribution is 2.30. The van der Waals surface area contributed by atoms with Gasteiger partial charge in [-0.2, -0.15) is 0 Å². The number of hydrogen-bond acceptors (Lipinski definition) is 3. The van der Waals surface area contributed by atoms with Crippen molar-refractivity contribution in [1.82, 2.24) is 0 Å². The van der Waals surface area contributed by atoms with Gasteiger partial charge in [0.1, 0.15) is 5.60 Å². The summed E-state index contributed by atoms with van der Waals surface area (Å²) in [6.07, 6.45) is 4.12. The highest BCUT2D eigenvalue weighted by molar-refractivity contribution is 5.85. The fourth-order valence-corrected chi connectivity index (χ4v) is 1.79. The molecule has 1 aliphatic rings. The van der Waals surface area contributed by atoms with E-state index in [4.69, 9.17) is 10.5 Å². The first kappa shape index (κ1) is 12.7. The van der Waals surface area contributed by atoms with Crippen LogP contribution in [-0.4, -0.2) is 17.6 Å². The molecule has 2 N–H and O–H groups in total. The van der Waals surface area contributed by atoms with Crippen LogP contribution in [0.2, 0.25) is 0 Å². The lowest BCUT2D eigenvalue weighted by atomic mass is 9.82. The summed E-state index contributed by atoms with van der Waals surface area (Å²) in [7, 11) is 0. The minimum absolute atomic E-state index is 0. The summed E-state index contributed by atoms with van der Waals surface area (Å²) in [5.41, 5.74) is 5.47. The molecule has 1 saturated carbocycles. The molecule has 0 unspecified atom stereocenters. The third-order valence-corrected chi connectivity index (χ3v) is 2.60. The maximum Gasteiger partial charge on any atom is 0.303 e. The number of hydrogen-bond donors (Lipinski definition) is 1. The largest absolute Gasteiger partial charge is 0.458 e.